The summed E-state index contributed by atoms with van der Waals surface area (Å²) < 4.78 is 2.18. The molecule has 4 heteroatoms. The van der Waals surface area contributed by atoms with Gasteiger partial charge >= 0.3 is 0 Å². The Labute approximate surface area is 118 Å². The second-order valence-corrected chi connectivity index (χ2v) is 5.28. The third-order valence-corrected chi connectivity index (χ3v) is 3.83. The van der Waals surface area contributed by atoms with Crippen LogP contribution in [0.25, 0.3) is 0 Å². The van der Waals surface area contributed by atoms with Crippen molar-refractivity contribution in [2.75, 3.05) is 5.32 Å². The molecule has 0 aliphatic heterocycles. The lowest BCUT2D eigenvalue weighted by Crippen LogP contribution is -2.01. The molecule has 0 saturated heterocycles. The van der Waals surface area contributed by atoms with Gasteiger partial charge in [0, 0.05) is 30.0 Å². The van der Waals surface area contributed by atoms with Crippen molar-refractivity contribution in [1.82, 2.24) is 4.57 Å². The molecule has 1 aromatic heterocycles. The fourth-order valence-electron chi connectivity index (χ4n) is 1.94. The second-order valence-electron chi connectivity index (χ2n) is 4.43. The highest BCUT2D eigenvalue weighted by Gasteiger charge is 2.07. The van der Waals surface area contributed by atoms with Crippen LogP contribution in [-0.2, 0) is 13.6 Å². The smallest absolute Gasteiger partial charge is 0.0652 e. The van der Waals surface area contributed by atoms with E-state index in [-0.39, 0.29) is 0 Å². The van der Waals surface area contributed by atoms with Gasteiger partial charge in [-0.15, -0.1) is 0 Å². The largest absolute Gasteiger partial charge is 0.380 e. The maximum absolute atomic E-state index is 6.12. The van der Waals surface area contributed by atoms with Crippen molar-refractivity contribution in [2.24, 2.45) is 7.05 Å². The molecule has 2 nitrogen and oxygen atoms in total. The number of halogens is 2. The second kappa shape index (κ2) is 5.25. The summed E-state index contributed by atoms with van der Waals surface area (Å²) in [5.41, 5.74) is 4.71. The Kier molecular flexibility index (Phi) is 3.88. The minimum Gasteiger partial charge on any atom is -0.380 e. The normalized spacial score (nSPS) is 10.7. The highest BCUT2D eigenvalue weighted by atomic mass is 35.5. The summed E-state index contributed by atoms with van der Waals surface area (Å²) in [6, 6.07) is 7.66. The Morgan fingerprint density at radius 1 is 1.17 bits per heavy atom. The summed E-state index contributed by atoms with van der Waals surface area (Å²) in [4.78, 5) is 0. The fourth-order valence-corrected chi connectivity index (χ4v) is 2.41. The molecule has 0 unspecified atom stereocenters. The minimum atomic E-state index is 0.646. The van der Waals surface area contributed by atoms with Crippen LogP contribution in [-0.4, -0.2) is 4.57 Å². The third kappa shape index (κ3) is 2.65. The number of anilines is 1. The summed E-state index contributed by atoms with van der Waals surface area (Å²) in [5.74, 6) is 0. The first-order chi connectivity index (χ1) is 8.49. The Balaban J connectivity index is 2.14. The molecule has 0 aliphatic rings. The first-order valence-electron chi connectivity index (χ1n) is 5.79. The van der Waals surface area contributed by atoms with E-state index in [0.717, 1.165) is 12.2 Å². The summed E-state index contributed by atoms with van der Waals surface area (Å²) in [5, 5.41) is 4.63. The van der Waals surface area contributed by atoms with Gasteiger partial charge in [0.2, 0.25) is 0 Å². The van der Waals surface area contributed by atoms with Gasteiger partial charge in [-0.1, -0.05) is 23.2 Å². The van der Waals surface area contributed by atoms with Crippen LogP contribution in [0.3, 0.4) is 0 Å². The number of hydrogen-bond acceptors (Lipinski definition) is 1. The van der Waals surface area contributed by atoms with E-state index in [1.165, 1.54) is 17.0 Å². The molecule has 0 fully saturated rings. The molecule has 96 valence electrons. The minimum absolute atomic E-state index is 0.646. The molecule has 18 heavy (non-hydrogen) atoms. The van der Waals surface area contributed by atoms with Gasteiger partial charge in [-0.2, -0.15) is 0 Å². The molecule has 2 aromatic rings. The molecule has 0 radical (unpaired) electrons. The van der Waals surface area contributed by atoms with Gasteiger partial charge in [-0.25, -0.2) is 0 Å². The molecule has 1 aromatic carbocycles. The predicted molar refractivity (Wildman–Crippen MR) is 78.7 cm³/mol. The fraction of sp³-hybridized carbons (Fsp3) is 0.286. The van der Waals surface area contributed by atoms with E-state index in [4.69, 9.17) is 23.2 Å². The molecule has 0 aliphatic carbocycles. The summed E-state index contributed by atoms with van der Waals surface area (Å²) in [7, 11) is 2.07. The van der Waals surface area contributed by atoms with E-state index >= 15 is 0 Å². The van der Waals surface area contributed by atoms with Crippen LogP contribution in [0.2, 0.25) is 10.0 Å². The topological polar surface area (TPSA) is 17.0 Å². The van der Waals surface area contributed by atoms with Gasteiger partial charge in [0.05, 0.1) is 10.7 Å². The number of nitrogens with one attached hydrogen (secondary N) is 1. The monoisotopic (exact) mass is 282 g/mol. The van der Waals surface area contributed by atoms with E-state index in [2.05, 4.69) is 36.8 Å². The Bertz CT molecular complexity index is 573. The Morgan fingerprint density at radius 2 is 1.89 bits per heavy atom. The molecule has 0 saturated carbocycles. The number of rotatable bonds is 3. The van der Waals surface area contributed by atoms with Crippen molar-refractivity contribution in [3.05, 3.63) is 51.3 Å². The van der Waals surface area contributed by atoms with Crippen molar-refractivity contribution in [3.63, 3.8) is 0 Å². The van der Waals surface area contributed by atoms with E-state index in [1.54, 1.807) is 6.07 Å². The molecule has 0 atom stereocenters. The van der Waals surface area contributed by atoms with Crippen LogP contribution >= 0.6 is 23.2 Å². The van der Waals surface area contributed by atoms with Crippen LogP contribution in [0.15, 0.2) is 24.3 Å². The van der Waals surface area contributed by atoms with Crippen LogP contribution in [0, 0.1) is 13.8 Å². The lowest BCUT2D eigenvalue weighted by molar-refractivity contribution is 0.837. The number of benzene rings is 1. The van der Waals surface area contributed by atoms with Crippen LogP contribution in [0.1, 0.15) is 17.0 Å². The van der Waals surface area contributed by atoms with Gasteiger partial charge in [-0.05, 0) is 43.7 Å². The number of hydrogen-bond donors (Lipinski definition) is 1. The van der Waals surface area contributed by atoms with Crippen molar-refractivity contribution in [3.8, 4) is 0 Å². The molecule has 2 rings (SSSR count). The molecule has 1 N–H and O–H groups in total. The highest BCUT2D eigenvalue weighted by Crippen LogP contribution is 2.26. The molecular weight excluding hydrogens is 267 g/mol. The van der Waals surface area contributed by atoms with Crippen molar-refractivity contribution in [2.45, 2.75) is 20.4 Å². The van der Waals surface area contributed by atoms with E-state index in [0.29, 0.717) is 10.0 Å². The average molecular weight is 283 g/mol. The number of nitrogens with zero attached hydrogens (tertiary/aromatic N) is 1. The molecule has 1 heterocycles. The highest BCUT2D eigenvalue weighted by molar-refractivity contribution is 6.36. The SMILES string of the molecule is Cc1cc(CNc2ccc(Cl)cc2Cl)c(C)n1C. The first kappa shape index (κ1) is 13.3. The van der Waals surface area contributed by atoms with Gasteiger partial charge in [-0.3, -0.25) is 0 Å². The standard InChI is InChI=1S/C14H16Cl2N2/c1-9-6-11(10(2)18(9)3)8-17-14-5-4-12(15)7-13(14)16/h4-7,17H,8H2,1-3H3. The van der Waals surface area contributed by atoms with Gasteiger partial charge in [0.15, 0.2) is 0 Å². The van der Waals surface area contributed by atoms with Crippen LogP contribution in [0.5, 0.6) is 0 Å². The van der Waals surface area contributed by atoms with E-state index in [1.807, 2.05) is 12.1 Å². The Hall–Kier alpha value is -1.12. The van der Waals surface area contributed by atoms with Gasteiger partial charge in [0.1, 0.15) is 0 Å². The van der Waals surface area contributed by atoms with Gasteiger partial charge < -0.3 is 9.88 Å². The third-order valence-electron chi connectivity index (χ3n) is 3.28. The van der Waals surface area contributed by atoms with Crippen LogP contribution < -0.4 is 5.32 Å². The number of aromatic nitrogens is 1. The predicted octanol–water partition coefficient (Wildman–Crippen LogP) is 4.56. The lowest BCUT2D eigenvalue weighted by atomic mass is 10.2. The maximum atomic E-state index is 6.12. The summed E-state index contributed by atoms with van der Waals surface area (Å²) >= 11 is 12.0. The zero-order valence-electron chi connectivity index (χ0n) is 10.7. The van der Waals surface area contributed by atoms with Gasteiger partial charge in [0.25, 0.3) is 0 Å². The zero-order chi connectivity index (χ0) is 13.3. The van der Waals surface area contributed by atoms with Crippen molar-refractivity contribution in [1.29, 1.82) is 0 Å². The van der Waals surface area contributed by atoms with Crippen molar-refractivity contribution < 1.29 is 0 Å². The van der Waals surface area contributed by atoms with E-state index in [9.17, 15) is 0 Å². The lowest BCUT2D eigenvalue weighted by Gasteiger charge is -2.09. The first-order valence-corrected chi connectivity index (χ1v) is 6.55. The van der Waals surface area contributed by atoms with E-state index < -0.39 is 0 Å². The summed E-state index contributed by atoms with van der Waals surface area (Å²) in [6.45, 7) is 4.98. The molecule has 0 bridgehead atoms. The molecule has 0 amide bonds. The Morgan fingerprint density at radius 3 is 2.44 bits per heavy atom. The zero-order valence-corrected chi connectivity index (χ0v) is 12.2. The molecule has 0 spiro atoms. The summed E-state index contributed by atoms with van der Waals surface area (Å²) in [6.07, 6.45) is 0. The average Bonchev–Trinajstić information content (AvgIpc) is 2.56. The van der Waals surface area contributed by atoms with Crippen LogP contribution in [0.4, 0.5) is 5.69 Å². The number of aryl methyl sites for hydroxylation is 1. The molecular formula is C14H16Cl2N2. The van der Waals surface area contributed by atoms with Crippen molar-refractivity contribution >= 4 is 28.9 Å². The maximum Gasteiger partial charge on any atom is 0.0652 e. The quantitative estimate of drug-likeness (QED) is 0.873.